The highest BCUT2D eigenvalue weighted by Gasteiger charge is 2.12. The average Bonchev–Trinajstić information content (AvgIpc) is 3.03. The lowest BCUT2D eigenvalue weighted by Gasteiger charge is -2.09. The van der Waals surface area contributed by atoms with Crippen molar-refractivity contribution in [3.05, 3.63) is 66.9 Å². The van der Waals surface area contributed by atoms with E-state index in [4.69, 9.17) is 10.5 Å². The number of halogens is 1. The molecule has 0 unspecified atom stereocenters. The quantitative estimate of drug-likeness (QED) is 0.626. The summed E-state index contributed by atoms with van der Waals surface area (Å²) >= 11 is 0. The first-order chi connectivity index (χ1) is 11.7. The Labute approximate surface area is 136 Å². The zero-order valence-electron chi connectivity index (χ0n) is 12.4. The van der Waals surface area contributed by atoms with E-state index in [2.05, 4.69) is 15.1 Å². The standard InChI is InChI=1S/C17H12FN5O/c18-14-8-11(6-7-15(14)24-12-4-2-1-3-5-12)23-17-13(9-22-23)16(19)20-10-21-17/h1-10H,(H2,19,20,21). The van der Waals surface area contributed by atoms with Gasteiger partial charge in [-0.05, 0) is 24.3 Å². The normalized spacial score (nSPS) is 10.9. The third-order valence-electron chi connectivity index (χ3n) is 3.53. The van der Waals surface area contributed by atoms with Crippen molar-refractivity contribution in [1.82, 2.24) is 19.7 Å². The van der Waals surface area contributed by atoms with Crippen LogP contribution in [0.2, 0.25) is 0 Å². The third kappa shape index (κ3) is 2.41. The zero-order valence-corrected chi connectivity index (χ0v) is 12.4. The fraction of sp³-hybridized carbons (Fsp3) is 0. The molecule has 0 fully saturated rings. The zero-order chi connectivity index (χ0) is 16.5. The molecule has 2 N–H and O–H groups in total. The topological polar surface area (TPSA) is 78.9 Å². The monoisotopic (exact) mass is 321 g/mol. The van der Waals surface area contributed by atoms with Gasteiger partial charge in [-0.2, -0.15) is 5.10 Å². The van der Waals surface area contributed by atoms with E-state index >= 15 is 0 Å². The lowest BCUT2D eigenvalue weighted by atomic mass is 10.3. The molecule has 7 heteroatoms. The summed E-state index contributed by atoms with van der Waals surface area (Å²) in [6.45, 7) is 0. The first-order valence-electron chi connectivity index (χ1n) is 7.19. The molecule has 0 radical (unpaired) electrons. The molecule has 0 aliphatic heterocycles. The van der Waals surface area contributed by atoms with E-state index in [0.29, 0.717) is 28.3 Å². The molecule has 118 valence electrons. The number of nitrogens with two attached hydrogens (primary N) is 1. The summed E-state index contributed by atoms with van der Waals surface area (Å²) in [5.41, 5.74) is 6.82. The van der Waals surface area contributed by atoms with E-state index < -0.39 is 5.82 Å². The number of aromatic nitrogens is 4. The molecule has 2 aromatic carbocycles. The average molecular weight is 321 g/mol. The van der Waals surface area contributed by atoms with Crippen LogP contribution in [0.3, 0.4) is 0 Å². The number of nitrogens with zero attached hydrogens (tertiary/aromatic N) is 4. The van der Waals surface area contributed by atoms with Crippen molar-refractivity contribution >= 4 is 16.9 Å². The lowest BCUT2D eigenvalue weighted by molar-refractivity contribution is 0.442. The molecule has 0 aliphatic carbocycles. The van der Waals surface area contributed by atoms with Crippen molar-refractivity contribution in [2.24, 2.45) is 0 Å². The summed E-state index contributed by atoms with van der Waals surface area (Å²) in [5.74, 6) is 0.530. The van der Waals surface area contributed by atoms with E-state index in [1.54, 1.807) is 30.5 Å². The van der Waals surface area contributed by atoms with Crippen molar-refractivity contribution in [3.63, 3.8) is 0 Å². The molecule has 0 spiro atoms. The highest BCUT2D eigenvalue weighted by molar-refractivity contribution is 5.85. The van der Waals surface area contributed by atoms with Crippen molar-refractivity contribution < 1.29 is 9.13 Å². The van der Waals surface area contributed by atoms with E-state index in [0.717, 1.165) is 0 Å². The number of anilines is 1. The highest BCUT2D eigenvalue weighted by Crippen LogP contribution is 2.27. The third-order valence-corrected chi connectivity index (χ3v) is 3.53. The van der Waals surface area contributed by atoms with Crippen LogP contribution in [0.4, 0.5) is 10.2 Å². The minimum Gasteiger partial charge on any atom is -0.454 e. The maximum Gasteiger partial charge on any atom is 0.168 e. The first kappa shape index (κ1) is 14.1. The van der Waals surface area contributed by atoms with Crippen LogP contribution in [-0.4, -0.2) is 19.7 Å². The van der Waals surface area contributed by atoms with Crippen LogP contribution in [0, 0.1) is 5.82 Å². The molecule has 2 aromatic heterocycles. The molecule has 0 saturated heterocycles. The van der Waals surface area contributed by atoms with Gasteiger partial charge < -0.3 is 10.5 Å². The minimum atomic E-state index is -0.498. The summed E-state index contributed by atoms with van der Waals surface area (Å²) in [5, 5.41) is 4.82. The van der Waals surface area contributed by atoms with Gasteiger partial charge in [0.15, 0.2) is 17.2 Å². The second-order valence-corrected chi connectivity index (χ2v) is 5.08. The van der Waals surface area contributed by atoms with Gasteiger partial charge in [0.25, 0.3) is 0 Å². The Hall–Kier alpha value is -3.48. The number of rotatable bonds is 3. The number of fused-ring (bicyclic) bond motifs is 1. The van der Waals surface area contributed by atoms with Crippen LogP contribution in [0.15, 0.2) is 61.1 Å². The fourth-order valence-electron chi connectivity index (χ4n) is 2.37. The maximum atomic E-state index is 14.4. The minimum absolute atomic E-state index is 0.135. The summed E-state index contributed by atoms with van der Waals surface area (Å²) in [7, 11) is 0. The fourth-order valence-corrected chi connectivity index (χ4v) is 2.37. The molecule has 4 rings (SSSR count). The molecule has 0 bridgehead atoms. The maximum absolute atomic E-state index is 14.4. The number of hydrogen-bond donors (Lipinski definition) is 1. The smallest absolute Gasteiger partial charge is 0.168 e. The van der Waals surface area contributed by atoms with Crippen molar-refractivity contribution in [2.45, 2.75) is 0 Å². The van der Waals surface area contributed by atoms with Gasteiger partial charge in [-0.15, -0.1) is 0 Å². The molecule has 2 heterocycles. The van der Waals surface area contributed by atoms with Gasteiger partial charge in [-0.3, -0.25) is 0 Å². The summed E-state index contributed by atoms with van der Waals surface area (Å²) < 4.78 is 21.4. The van der Waals surface area contributed by atoms with Crippen molar-refractivity contribution in [2.75, 3.05) is 5.73 Å². The number of hydrogen-bond acceptors (Lipinski definition) is 5. The van der Waals surface area contributed by atoms with E-state index in [1.165, 1.54) is 17.1 Å². The second-order valence-electron chi connectivity index (χ2n) is 5.08. The van der Waals surface area contributed by atoms with Crippen LogP contribution >= 0.6 is 0 Å². The molecule has 24 heavy (non-hydrogen) atoms. The Balaban J connectivity index is 1.72. The van der Waals surface area contributed by atoms with E-state index in [-0.39, 0.29) is 5.75 Å². The Morgan fingerprint density at radius 2 is 1.88 bits per heavy atom. The molecule has 0 amide bonds. The Bertz CT molecular complexity index is 1020. The number of para-hydroxylation sites is 1. The van der Waals surface area contributed by atoms with E-state index in [1.807, 2.05) is 18.2 Å². The first-order valence-corrected chi connectivity index (χ1v) is 7.19. The second kappa shape index (κ2) is 5.62. The highest BCUT2D eigenvalue weighted by atomic mass is 19.1. The molecule has 0 atom stereocenters. The predicted octanol–water partition coefficient (Wildman–Crippen LogP) is 3.33. The van der Waals surface area contributed by atoms with Crippen molar-refractivity contribution in [1.29, 1.82) is 0 Å². The Morgan fingerprint density at radius 3 is 2.67 bits per heavy atom. The molecule has 6 nitrogen and oxygen atoms in total. The van der Waals surface area contributed by atoms with Gasteiger partial charge >= 0.3 is 0 Å². The summed E-state index contributed by atoms with van der Waals surface area (Å²) in [6.07, 6.45) is 2.90. The number of benzene rings is 2. The van der Waals surface area contributed by atoms with Gasteiger partial charge in [0.1, 0.15) is 17.9 Å². The van der Waals surface area contributed by atoms with Crippen molar-refractivity contribution in [3.8, 4) is 17.2 Å². The Morgan fingerprint density at radius 1 is 1.04 bits per heavy atom. The summed E-state index contributed by atoms with van der Waals surface area (Å²) in [6, 6.07) is 13.6. The number of nitrogen functional groups attached to an aromatic ring is 1. The molecular weight excluding hydrogens is 309 g/mol. The molecule has 0 saturated carbocycles. The van der Waals surface area contributed by atoms with Gasteiger partial charge in [-0.25, -0.2) is 19.0 Å². The van der Waals surface area contributed by atoms with Crippen LogP contribution < -0.4 is 10.5 Å². The van der Waals surface area contributed by atoms with Crippen LogP contribution in [0.1, 0.15) is 0 Å². The number of ether oxygens (including phenoxy) is 1. The van der Waals surface area contributed by atoms with Gasteiger partial charge in [-0.1, -0.05) is 18.2 Å². The van der Waals surface area contributed by atoms with Gasteiger partial charge in [0.2, 0.25) is 0 Å². The molecular formula is C17H12FN5O. The van der Waals surface area contributed by atoms with Crippen LogP contribution in [0.5, 0.6) is 11.5 Å². The summed E-state index contributed by atoms with van der Waals surface area (Å²) in [4.78, 5) is 8.07. The van der Waals surface area contributed by atoms with Gasteiger partial charge in [0.05, 0.1) is 17.3 Å². The SMILES string of the molecule is Nc1ncnc2c1cnn2-c1ccc(Oc2ccccc2)c(F)c1. The molecule has 4 aromatic rings. The van der Waals surface area contributed by atoms with Gasteiger partial charge in [0, 0.05) is 6.07 Å². The largest absolute Gasteiger partial charge is 0.454 e. The predicted molar refractivity (Wildman–Crippen MR) is 87.5 cm³/mol. The van der Waals surface area contributed by atoms with E-state index in [9.17, 15) is 4.39 Å². The molecule has 0 aliphatic rings. The Kier molecular flexibility index (Phi) is 3.31. The van der Waals surface area contributed by atoms with Crippen LogP contribution in [0.25, 0.3) is 16.7 Å². The van der Waals surface area contributed by atoms with Crippen LogP contribution in [-0.2, 0) is 0 Å². The lowest BCUT2D eigenvalue weighted by Crippen LogP contribution is -2.00.